The predicted octanol–water partition coefficient (Wildman–Crippen LogP) is 2.00. The molecule has 31 heavy (non-hydrogen) atoms. The Morgan fingerprint density at radius 1 is 0.903 bits per heavy atom. The number of aryl methyl sites for hydroxylation is 1. The normalized spacial score (nSPS) is 19.9. The Hall–Kier alpha value is -3.19. The van der Waals surface area contributed by atoms with E-state index in [0.717, 1.165) is 42.3 Å². The van der Waals surface area contributed by atoms with Gasteiger partial charge in [-0.1, -0.05) is 42.0 Å². The van der Waals surface area contributed by atoms with E-state index in [1.165, 1.54) is 10.2 Å². The van der Waals surface area contributed by atoms with Gasteiger partial charge in [0, 0.05) is 38.0 Å². The molecular weight excluding hydrogens is 392 g/mol. The van der Waals surface area contributed by atoms with Crippen molar-refractivity contribution >= 4 is 0 Å². The van der Waals surface area contributed by atoms with Crippen LogP contribution in [0.1, 0.15) is 28.4 Å². The van der Waals surface area contributed by atoms with Crippen LogP contribution < -0.4 is 15.9 Å². The molecule has 7 heteroatoms. The van der Waals surface area contributed by atoms with E-state index in [1.54, 1.807) is 11.7 Å². The lowest BCUT2D eigenvalue weighted by molar-refractivity contribution is 0.303. The molecule has 0 spiro atoms. The third kappa shape index (κ3) is 3.70. The topological polar surface area (TPSA) is 69.4 Å². The van der Waals surface area contributed by atoms with Crippen molar-refractivity contribution in [3.8, 4) is 5.75 Å². The van der Waals surface area contributed by atoms with Crippen molar-refractivity contribution in [3.63, 3.8) is 0 Å². The summed E-state index contributed by atoms with van der Waals surface area (Å²) in [5.41, 5.74) is 2.36. The number of benzene rings is 2. The maximum absolute atomic E-state index is 12.8. The molecule has 0 amide bonds. The summed E-state index contributed by atoms with van der Waals surface area (Å²) in [6.07, 6.45) is 0. The molecule has 7 nitrogen and oxygen atoms in total. The second kappa shape index (κ2) is 7.81. The Balaban J connectivity index is 1.37. The molecule has 2 atom stereocenters. The maximum Gasteiger partial charge on any atom is 0.332 e. The van der Waals surface area contributed by atoms with Crippen LogP contribution in [0.2, 0.25) is 0 Å². The highest BCUT2D eigenvalue weighted by molar-refractivity contribution is 5.27. The van der Waals surface area contributed by atoms with Gasteiger partial charge in [-0.25, -0.2) is 4.68 Å². The molecule has 0 N–H and O–H groups in total. The van der Waals surface area contributed by atoms with Gasteiger partial charge in [0.1, 0.15) is 11.6 Å². The molecule has 0 unspecified atom stereocenters. The molecule has 1 fully saturated rings. The molecule has 0 radical (unpaired) electrons. The zero-order valence-corrected chi connectivity index (χ0v) is 17.8. The van der Waals surface area contributed by atoms with E-state index in [0.29, 0.717) is 19.0 Å². The van der Waals surface area contributed by atoms with Crippen LogP contribution in [0, 0.1) is 12.8 Å². The minimum Gasteiger partial charge on any atom is -0.497 e. The lowest BCUT2D eigenvalue weighted by Crippen LogP contribution is -2.44. The summed E-state index contributed by atoms with van der Waals surface area (Å²) in [5.74, 6) is 2.09. The van der Waals surface area contributed by atoms with Gasteiger partial charge in [0.15, 0.2) is 0 Å². The summed E-state index contributed by atoms with van der Waals surface area (Å²) in [6, 6.07) is 16.1. The van der Waals surface area contributed by atoms with Crippen LogP contribution in [-0.4, -0.2) is 39.4 Å². The van der Waals surface area contributed by atoms with Gasteiger partial charge in [-0.05, 0) is 30.2 Å². The third-order valence-corrected chi connectivity index (χ3v) is 6.45. The van der Waals surface area contributed by atoms with Crippen molar-refractivity contribution < 1.29 is 4.74 Å². The monoisotopic (exact) mass is 418 g/mol. The Labute approximate surface area is 180 Å². The lowest BCUT2D eigenvalue weighted by Gasteiger charge is -2.18. The van der Waals surface area contributed by atoms with Crippen LogP contribution in [-0.2, 0) is 19.6 Å². The van der Waals surface area contributed by atoms with Crippen molar-refractivity contribution in [2.45, 2.75) is 32.5 Å². The Bertz CT molecular complexity index is 1210. The number of hydrogen-bond donors (Lipinski definition) is 0. The standard InChI is InChI=1S/C24H26N4O3/c1-16-3-5-18(6-4-16)12-28-24(30)23(29)27-14-19-13-26(15-21(19)22(27)25-28)11-17-7-9-20(31-2)10-8-17/h3-10,19,21H,11-15H2,1-2H3/t19-,21-/m1/s1. The predicted molar refractivity (Wildman–Crippen MR) is 118 cm³/mol. The fraction of sp³-hybridized carbons (Fsp3) is 0.375. The summed E-state index contributed by atoms with van der Waals surface area (Å²) in [5, 5.41) is 4.66. The zero-order chi connectivity index (χ0) is 21.5. The van der Waals surface area contributed by atoms with E-state index >= 15 is 0 Å². The first-order valence-corrected chi connectivity index (χ1v) is 10.6. The Morgan fingerprint density at radius 2 is 1.58 bits per heavy atom. The minimum atomic E-state index is -0.542. The number of hydrogen-bond acceptors (Lipinski definition) is 5. The number of methoxy groups -OCH3 is 1. The Kier molecular flexibility index (Phi) is 4.98. The second-order valence-corrected chi connectivity index (χ2v) is 8.63. The molecule has 1 saturated heterocycles. The molecule has 0 bridgehead atoms. The van der Waals surface area contributed by atoms with E-state index in [-0.39, 0.29) is 5.92 Å². The SMILES string of the molecule is COc1ccc(CN2C[C@@H]3Cn4c(nn(Cc5ccc(C)cc5)c(=O)c4=O)[C@@H]3C2)cc1. The number of likely N-dealkylation sites (tertiary alicyclic amines) is 1. The summed E-state index contributed by atoms with van der Waals surface area (Å²) < 4.78 is 8.18. The summed E-state index contributed by atoms with van der Waals surface area (Å²) >= 11 is 0. The van der Waals surface area contributed by atoms with E-state index in [4.69, 9.17) is 4.74 Å². The first-order chi connectivity index (χ1) is 15.0. The van der Waals surface area contributed by atoms with Gasteiger partial charge in [-0.2, -0.15) is 5.10 Å². The molecule has 2 aliphatic heterocycles. The van der Waals surface area contributed by atoms with Crippen LogP contribution in [0.25, 0.3) is 0 Å². The smallest absolute Gasteiger partial charge is 0.332 e. The Morgan fingerprint density at radius 3 is 2.29 bits per heavy atom. The zero-order valence-electron chi connectivity index (χ0n) is 17.8. The van der Waals surface area contributed by atoms with Crippen molar-refractivity contribution in [2.24, 2.45) is 5.92 Å². The molecule has 0 aliphatic carbocycles. The number of aromatic nitrogens is 3. The van der Waals surface area contributed by atoms with Gasteiger partial charge in [0.25, 0.3) is 0 Å². The van der Waals surface area contributed by atoms with Crippen molar-refractivity contribution in [1.29, 1.82) is 0 Å². The third-order valence-electron chi connectivity index (χ3n) is 6.45. The van der Waals surface area contributed by atoms with E-state index in [9.17, 15) is 9.59 Å². The molecule has 3 heterocycles. The van der Waals surface area contributed by atoms with Crippen molar-refractivity contribution in [1.82, 2.24) is 19.2 Å². The number of ether oxygens (including phenoxy) is 1. The number of nitrogens with zero attached hydrogens (tertiary/aromatic N) is 4. The highest BCUT2D eigenvalue weighted by Gasteiger charge is 2.42. The van der Waals surface area contributed by atoms with Crippen LogP contribution in [0.15, 0.2) is 58.1 Å². The quantitative estimate of drug-likeness (QED) is 0.593. The summed E-state index contributed by atoms with van der Waals surface area (Å²) in [6.45, 7) is 5.50. The van der Waals surface area contributed by atoms with E-state index in [2.05, 4.69) is 22.1 Å². The fourth-order valence-corrected chi connectivity index (χ4v) is 4.77. The van der Waals surface area contributed by atoms with Crippen molar-refractivity contribution in [2.75, 3.05) is 20.2 Å². The molecule has 160 valence electrons. The van der Waals surface area contributed by atoms with Crippen molar-refractivity contribution in [3.05, 3.63) is 91.8 Å². The molecular formula is C24H26N4O3. The lowest BCUT2D eigenvalue weighted by atomic mass is 10.00. The summed E-state index contributed by atoms with van der Waals surface area (Å²) in [7, 11) is 1.67. The number of rotatable bonds is 5. The number of fused-ring (bicyclic) bond motifs is 3. The highest BCUT2D eigenvalue weighted by Crippen LogP contribution is 2.37. The summed E-state index contributed by atoms with van der Waals surface area (Å²) in [4.78, 5) is 27.8. The molecule has 5 rings (SSSR count). The largest absolute Gasteiger partial charge is 0.497 e. The van der Waals surface area contributed by atoms with Gasteiger partial charge in [0.2, 0.25) is 0 Å². The maximum atomic E-state index is 12.8. The average molecular weight is 418 g/mol. The molecule has 3 aromatic rings. The molecule has 1 aromatic heterocycles. The highest BCUT2D eigenvalue weighted by atomic mass is 16.5. The molecule has 0 saturated carbocycles. The van der Waals surface area contributed by atoms with Gasteiger partial charge in [-0.15, -0.1) is 0 Å². The first kappa shape index (κ1) is 19.8. The van der Waals surface area contributed by atoms with E-state index in [1.807, 2.05) is 43.3 Å². The first-order valence-electron chi connectivity index (χ1n) is 10.6. The van der Waals surface area contributed by atoms with Gasteiger partial charge in [-0.3, -0.25) is 19.1 Å². The second-order valence-electron chi connectivity index (χ2n) is 8.63. The van der Waals surface area contributed by atoms with Crippen LogP contribution >= 0.6 is 0 Å². The van der Waals surface area contributed by atoms with Gasteiger partial charge < -0.3 is 4.74 Å². The van der Waals surface area contributed by atoms with Crippen LogP contribution in [0.4, 0.5) is 0 Å². The van der Waals surface area contributed by atoms with Crippen LogP contribution in [0.3, 0.4) is 0 Å². The minimum absolute atomic E-state index is 0.177. The fourth-order valence-electron chi connectivity index (χ4n) is 4.77. The van der Waals surface area contributed by atoms with E-state index < -0.39 is 11.1 Å². The molecule has 2 aliphatic rings. The molecule has 2 aromatic carbocycles. The van der Waals surface area contributed by atoms with Crippen LogP contribution in [0.5, 0.6) is 5.75 Å². The average Bonchev–Trinajstić information content (AvgIpc) is 3.32. The van der Waals surface area contributed by atoms with Gasteiger partial charge in [0.05, 0.1) is 13.7 Å². The van der Waals surface area contributed by atoms with Gasteiger partial charge >= 0.3 is 11.1 Å².